The van der Waals surface area contributed by atoms with Gasteiger partial charge in [-0.05, 0) is 31.4 Å². The highest BCUT2D eigenvalue weighted by Crippen LogP contribution is 2.27. The molecule has 1 aromatic carbocycles. The standard InChI is InChI=1S/C10H12F2N2/c11-8-4-6(13)5-9(12)10(8)14-7-2-1-3-7/h4-5,7,14H,1-3,13H2. The van der Waals surface area contributed by atoms with Crippen LogP contribution >= 0.6 is 0 Å². The van der Waals surface area contributed by atoms with Crippen LogP contribution in [0.3, 0.4) is 0 Å². The van der Waals surface area contributed by atoms with Gasteiger partial charge in [0.2, 0.25) is 0 Å². The summed E-state index contributed by atoms with van der Waals surface area (Å²) in [6, 6.07) is 2.47. The SMILES string of the molecule is Nc1cc(F)c(NC2CCC2)c(F)c1. The minimum atomic E-state index is -0.616. The second-order valence-corrected chi connectivity index (χ2v) is 3.63. The maximum Gasteiger partial charge on any atom is 0.151 e. The zero-order chi connectivity index (χ0) is 10.1. The second kappa shape index (κ2) is 3.44. The van der Waals surface area contributed by atoms with Crippen LogP contribution in [-0.2, 0) is 0 Å². The van der Waals surface area contributed by atoms with Gasteiger partial charge >= 0.3 is 0 Å². The number of nitrogen functional groups attached to an aromatic ring is 1. The van der Waals surface area contributed by atoms with Crippen molar-refractivity contribution in [3.05, 3.63) is 23.8 Å². The first-order chi connectivity index (χ1) is 6.66. The van der Waals surface area contributed by atoms with Crippen LogP contribution in [0.25, 0.3) is 0 Å². The molecule has 3 N–H and O–H groups in total. The molecule has 0 heterocycles. The molecule has 14 heavy (non-hydrogen) atoms. The van der Waals surface area contributed by atoms with Gasteiger partial charge in [0.25, 0.3) is 0 Å². The lowest BCUT2D eigenvalue weighted by molar-refractivity contribution is 0.440. The number of anilines is 2. The number of hydrogen-bond acceptors (Lipinski definition) is 2. The third kappa shape index (κ3) is 1.64. The van der Waals surface area contributed by atoms with E-state index in [0.29, 0.717) is 0 Å². The van der Waals surface area contributed by atoms with E-state index in [4.69, 9.17) is 5.73 Å². The molecular weight excluding hydrogens is 186 g/mol. The Hall–Kier alpha value is -1.32. The number of nitrogens with two attached hydrogens (primary N) is 1. The summed E-state index contributed by atoms with van der Waals surface area (Å²) in [5.74, 6) is -1.23. The van der Waals surface area contributed by atoms with Crippen molar-refractivity contribution >= 4 is 11.4 Å². The fraction of sp³-hybridized carbons (Fsp3) is 0.400. The summed E-state index contributed by atoms with van der Waals surface area (Å²) in [6.45, 7) is 0. The molecule has 1 aliphatic rings. The van der Waals surface area contributed by atoms with Crippen LogP contribution in [-0.4, -0.2) is 6.04 Å². The van der Waals surface area contributed by atoms with Gasteiger partial charge in [-0.3, -0.25) is 0 Å². The van der Waals surface area contributed by atoms with Gasteiger partial charge < -0.3 is 11.1 Å². The molecule has 0 radical (unpaired) electrons. The first-order valence-electron chi connectivity index (χ1n) is 4.68. The van der Waals surface area contributed by atoms with E-state index in [1.807, 2.05) is 0 Å². The van der Waals surface area contributed by atoms with Crippen molar-refractivity contribution in [2.24, 2.45) is 0 Å². The van der Waals surface area contributed by atoms with E-state index >= 15 is 0 Å². The smallest absolute Gasteiger partial charge is 0.151 e. The highest BCUT2D eigenvalue weighted by atomic mass is 19.1. The average molecular weight is 198 g/mol. The lowest BCUT2D eigenvalue weighted by Gasteiger charge is -2.27. The number of rotatable bonds is 2. The molecular formula is C10H12F2N2. The molecule has 4 heteroatoms. The number of halogens is 2. The third-order valence-corrected chi connectivity index (χ3v) is 2.52. The summed E-state index contributed by atoms with van der Waals surface area (Å²) in [4.78, 5) is 0. The van der Waals surface area contributed by atoms with Crippen molar-refractivity contribution in [3.63, 3.8) is 0 Å². The van der Waals surface area contributed by atoms with Crippen LogP contribution in [0.15, 0.2) is 12.1 Å². The first kappa shape index (κ1) is 9.24. The molecule has 0 aliphatic heterocycles. The predicted octanol–water partition coefficient (Wildman–Crippen LogP) is 2.51. The third-order valence-electron chi connectivity index (χ3n) is 2.52. The van der Waals surface area contributed by atoms with E-state index in [1.165, 1.54) is 0 Å². The van der Waals surface area contributed by atoms with Gasteiger partial charge in [0.15, 0.2) is 11.6 Å². The molecule has 76 valence electrons. The predicted molar refractivity (Wildman–Crippen MR) is 52.0 cm³/mol. The molecule has 0 aromatic heterocycles. The molecule has 0 spiro atoms. The van der Waals surface area contributed by atoms with Crippen LogP contribution < -0.4 is 11.1 Å². The molecule has 1 fully saturated rings. The van der Waals surface area contributed by atoms with Crippen LogP contribution in [0.1, 0.15) is 19.3 Å². The normalized spacial score (nSPS) is 16.4. The molecule has 1 aromatic rings. The van der Waals surface area contributed by atoms with E-state index in [-0.39, 0.29) is 17.4 Å². The Balaban J connectivity index is 2.22. The topological polar surface area (TPSA) is 38.0 Å². The summed E-state index contributed by atoms with van der Waals surface area (Å²) in [5.41, 5.74) is 5.36. The van der Waals surface area contributed by atoms with Crippen LogP contribution in [0, 0.1) is 11.6 Å². The quantitative estimate of drug-likeness (QED) is 0.716. The van der Waals surface area contributed by atoms with Crippen LogP contribution in [0.4, 0.5) is 20.2 Å². The monoisotopic (exact) mass is 198 g/mol. The van der Waals surface area contributed by atoms with Gasteiger partial charge in [0.1, 0.15) is 5.69 Å². The molecule has 1 saturated carbocycles. The van der Waals surface area contributed by atoms with Gasteiger partial charge in [-0.25, -0.2) is 8.78 Å². The summed E-state index contributed by atoms with van der Waals surface area (Å²) in [5, 5.41) is 2.84. The van der Waals surface area contributed by atoms with E-state index in [0.717, 1.165) is 31.4 Å². The zero-order valence-electron chi connectivity index (χ0n) is 7.69. The van der Waals surface area contributed by atoms with Crippen molar-refractivity contribution in [2.75, 3.05) is 11.1 Å². The van der Waals surface area contributed by atoms with Crippen molar-refractivity contribution in [3.8, 4) is 0 Å². The minimum Gasteiger partial charge on any atom is -0.399 e. The molecule has 0 amide bonds. The Morgan fingerprint density at radius 3 is 2.21 bits per heavy atom. The highest BCUT2D eigenvalue weighted by Gasteiger charge is 2.20. The molecule has 0 saturated heterocycles. The Morgan fingerprint density at radius 2 is 1.79 bits per heavy atom. The van der Waals surface area contributed by atoms with Crippen molar-refractivity contribution in [2.45, 2.75) is 25.3 Å². The number of hydrogen-bond donors (Lipinski definition) is 2. The molecule has 2 rings (SSSR count). The average Bonchev–Trinajstić information content (AvgIpc) is 1.98. The van der Waals surface area contributed by atoms with Gasteiger partial charge in [-0.15, -0.1) is 0 Å². The van der Waals surface area contributed by atoms with Crippen molar-refractivity contribution < 1.29 is 8.78 Å². The second-order valence-electron chi connectivity index (χ2n) is 3.63. The van der Waals surface area contributed by atoms with Crippen molar-refractivity contribution in [1.82, 2.24) is 0 Å². The van der Waals surface area contributed by atoms with Crippen molar-refractivity contribution in [1.29, 1.82) is 0 Å². The van der Waals surface area contributed by atoms with Gasteiger partial charge in [-0.1, -0.05) is 0 Å². The summed E-state index contributed by atoms with van der Waals surface area (Å²) >= 11 is 0. The van der Waals surface area contributed by atoms with E-state index < -0.39 is 11.6 Å². The maximum atomic E-state index is 13.2. The molecule has 2 nitrogen and oxygen atoms in total. The van der Waals surface area contributed by atoms with Gasteiger partial charge in [-0.2, -0.15) is 0 Å². The lowest BCUT2D eigenvalue weighted by atomic mass is 9.93. The van der Waals surface area contributed by atoms with Gasteiger partial charge in [0.05, 0.1) is 0 Å². The zero-order valence-corrected chi connectivity index (χ0v) is 7.69. The van der Waals surface area contributed by atoms with E-state index in [1.54, 1.807) is 0 Å². The van der Waals surface area contributed by atoms with E-state index in [2.05, 4.69) is 5.32 Å². The highest BCUT2D eigenvalue weighted by molar-refractivity contribution is 5.54. The maximum absolute atomic E-state index is 13.2. The van der Waals surface area contributed by atoms with Crippen LogP contribution in [0.5, 0.6) is 0 Å². The molecule has 1 aliphatic carbocycles. The largest absolute Gasteiger partial charge is 0.399 e. The Bertz CT molecular complexity index is 325. The fourth-order valence-electron chi connectivity index (χ4n) is 1.49. The minimum absolute atomic E-state index is 0.0519. The first-order valence-corrected chi connectivity index (χ1v) is 4.68. The number of benzene rings is 1. The molecule has 0 atom stereocenters. The lowest BCUT2D eigenvalue weighted by Crippen LogP contribution is -2.28. The summed E-state index contributed by atoms with van der Waals surface area (Å²) in [7, 11) is 0. The summed E-state index contributed by atoms with van der Waals surface area (Å²) in [6.07, 6.45) is 3.07. The Kier molecular flexibility index (Phi) is 2.27. The summed E-state index contributed by atoms with van der Waals surface area (Å²) < 4.78 is 26.5. The molecule has 0 bridgehead atoms. The Morgan fingerprint density at radius 1 is 1.21 bits per heavy atom. The molecule has 0 unspecified atom stereocenters. The van der Waals surface area contributed by atoms with E-state index in [9.17, 15) is 8.78 Å². The van der Waals surface area contributed by atoms with Crippen LogP contribution in [0.2, 0.25) is 0 Å². The number of nitrogens with one attached hydrogen (secondary N) is 1. The van der Waals surface area contributed by atoms with Gasteiger partial charge in [0, 0.05) is 11.7 Å². The fourth-order valence-corrected chi connectivity index (χ4v) is 1.49. The Labute approximate surface area is 81.1 Å².